The minimum Gasteiger partial charge on any atom is -0.364 e. The van der Waals surface area contributed by atoms with Crippen LogP contribution in [0, 0.1) is 0 Å². The number of hydrogen-bond donors (Lipinski definition) is 6. The van der Waals surface area contributed by atoms with Crippen LogP contribution in [0.5, 0.6) is 0 Å². The molecule has 19 heavy (non-hydrogen) atoms. The van der Waals surface area contributed by atoms with Gasteiger partial charge in [0.05, 0.1) is 0 Å². The number of rotatable bonds is 4. The molecule has 112 valence electrons. The van der Waals surface area contributed by atoms with Crippen molar-refractivity contribution in [3.63, 3.8) is 0 Å². The standard InChI is InChI=1S/C4H7N3O3S.C3H10NO3P/c1-6-4(9)10-7-3(11)2(5)8;1-3(2)4-8(5,6)7/h1H3,(H2,5,8)(H,6,9)(H,7,11);3H,1-2H3,(H3,4,5,6,7). The third kappa shape index (κ3) is 16.9. The number of nitrogens with one attached hydrogen (secondary N) is 2. The normalized spacial score (nSPS) is 11.4. The van der Waals surface area contributed by atoms with Crippen molar-refractivity contribution >= 4 is 37.4 Å². The van der Waals surface area contributed by atoms with Gasteiger partial charge in [-0.2, -0.15) is 0 Å². The van der Waals surface area contributed by atoms with Crippen LogP contribution in [0.25, 0.3) is 0 Å². The molecule has 0 saturated heterocycles. The molecule has 0 aliphatic carbocycles. The van der Waals surface area contributed by atoms with Crippen LogP contribution < -0.4 is 16.1 Å². The molecular formula is C7H17N4O6PS. The fourth-order valence-corrected chi connectivity index (χ4v) is 1.23. The minimum absolute atomic E-state index is 0.171. The molecule has 0 aromatic carbocycles. The van der Waals surface area contributed by atoms with Gasteiger partial charge in [-0.25, -0.2) is 14.4 Å². The number of oxime groups is 1. The molecule has 0 aromatic rings. The second-order valence-electron chi connectivity index (χ2n) is 3.24. The average molecular weight is 316 g/mol. The molecule has 0 fully saturated rings. The Morgan fingerprint density at radius 3 is 2.11 bits per heavy atom. The molecule has 12 heteroatoms. The SMILES string of the molecule is CC(C)NP(=O)(O)O.CNC(=O)ON=C(S)C(N)=O. The summed E-state index contributed by atoms with van der Waals surface area (Å²) in [6.07, 6.45) is -0.794. The third-order valence-electron chi connectivity index (χ3n) is 1.07. The Morgan fingerprint density at radius 2 is 1.89 bits per heavy atom. The number of nitrogens with two attached hydrogens (primary N) is 1. The van der Waals surface area contributed by atoms with E-state index >= 15 is 0 Å². The Hall–Kier alpha value is -1.13. The van der Waals surface area contributed by atoms with E-state index in [0.717, 1.165) is 0 Å². The van der Waals surface area contributed by atoms with Crippen LogP contribution in [0.4, 0.5) is 4.79 Å². The van der Waals surface area contributed by atoms with Gasteiger partial charge in [0, 0.05) is 13.1 Å². The van der Waals surface area contributed by atoms with Crippen molar-refractivity contribution in [1.82, 2.24) is 10.4 Å². The summed E-state index contributed by atoms with van der Waals surface area (Å²) in [5.41, 5.74) is 4.71. The van der Waals surface area contributed by atoms with Crippen molar-refractivity contribution < 1.29 is 28.8 Å². The van der Waals surface area contributed by atoms with Crippen LogP contribution in [0.1, 0.15) is 13.8 Å². The smallest absolute Gasteiger partial charge is 0.364 e. The predicted octanol–water partition coefficient (Wildman–Crippen LogP) is -0.852. The summed E-state index contributed by atoms with van der Waals surface area (Å²) in [5, 5.41) is 6.78. The summed E-state index contributed by atoms with van der Waals surface area (Å²) in [6.45, 7) is 3.33. The Labute approximate surface area is 115 Å². The zero-order chi connectivity index (χ0) is 15.6. The molecule has 0 atom stereocenters. The van der Waals surface area contributed by atoms with E-state index in [9.17, 15) is 14.2 Å². The van der Waals surface area contributed by atoms with Gasteiger partial charge in [0.2, 0.25) is 0 Å². The lowest BCUT2D eigenvalue weighted by atomic mass is 10.4. The number of carbonyl (C=O) groups is 2. The van der Waals surface area contributed by atoms with Crippen molar-refractivity contribution in [2.24, 2.45) is 10.9 Å². The van der Waals surface area contributed by atoms with Crippen LogP contribution in [0.3, 0.4) is 0 Å². The summed E-state index contributed by atoms with van der Waals surface area (Å²) < 4.78 is 10.0. The number of amides is 2. The van der Waals surface area contributed by atoms with E-state index < -0.39 is 19.7 Å². The van der Waals surface area contributed by atoms with Crippen molar-refractivity contribution in [1.29, 1.82) is 0 Å². The number of hydrogen-bond acceptors (Lipinski definition) is 5. The first-order valence-corrected chi connectivity index (χ1v) is 6.84. The first-order valence-electron chi connectivity index (χ1n) is 4.78. The van der Waals surface area contributed by atoms with Gasteiger partial charge in [0.1, 0.15) is 0 Å². The Kier molecular flexibility index (Phi) is 10.4. The Balaban J connectivity index is 0. The summed E-state index contributed by atoms with van der Waals surface area (Å²) in [6, 6.07) is -0.171. The zero-order valence-electron chi connectivity index (χ0n) is 10.5. The Bertz CT molecular complexity index is 382. The molecule has 0 spiro atoms. The number of nitrogens with zero attached hydrogens (tertiary/aromatic N) is 1. The van der Waals surface area contributed by atoms with Crippen LogP contribution in [-0.4, -0.2) is 39.9 Å². The van der Waals surface area contributed by atoms with E-state index in [2.05, 4.69) is 27.9 Å². The lowest BCUT2D eigenvalue weighted by Gasteiger charge is -2.07. The summed E-state index contributed by atoms with van der Waals surface area (Å²) in [4.78, 5) is 41.0. The minimum atomic E-state index is -3.97. The lowest BCUT2D eigenvalue weighted by molar-refractivity contribution is -0.111. The molecular weight excluding hydrogens is 299 g/mol. The van der Waals surface area contributed by atoms with Crippen LogP contribution >= 0.6 is 20.4 Å². The largest absolute Gasteiger partial charge is 0.433 e. The molecule has 0 radical (unpaired) electrons. The van der Waals surface area contributed by atoms with E-state index in [1.54, 1.807) is 13.8 Å². The van der Waals surface area contributed by atoms with Gasteiger partial charge in [-0.15, -0.1) is 12.6 Å². The molecule has 0 bridgehead atoms. The van der Waals surface area contributed by atoms with Crippen LogP contribution in [-0.2, 0) is 14.2 Å². The number of primary amides is 1. The molecule has 0 heterocycles. The summed E-state index contributed by atoms with van der Waals surface area (Å²) in [7, 11) is -2.62. The topological polar surface area (TPSA) is 163 Å². The molecule has 0 rings (SSSR count). The molecule has 0 aliphatic heterocycles. The van der Waals surface area contributed by atoms with Gasteiger partial charge in [0.15, 0.2) is 5.04 Å². The van der Waals surface area contributed by atoms with E-state index in [0.29, 0.717) is 0 Å². The van der Waals surface area contributed by atoms with Gasteiger partial charge in [0.25, 0.3) is 5.91 Å². The highest BCUT2D eigenvalue weighted by Gasteiger charge is 2.12. The van der Waals surface area contributed by atoms with Crippen LogP contribution in [0.2, 0.25) is 0 Å². The van der Waals surface area contributed by atoms with E-state index in [4.69, 9.17) is 15.5 Å². The first kappa shape index (κ1) is 20.2. The third-order valence-corrected chi connectivity index (χ3v) is 2.22. The monoisotopic (exact) mass is 316 g/mol. The van der Waals surface area contributed by atoms with E-state index in [1.165, 1.54) is 7.05 Å². The second kappa shape index (κ2) is 9.75. The highest BCUT2D eigenvalue weighted by molar-refractivity contribution is 7.99. The van der Waals surface area contributed by atoms with Gasteiger partial charge < -0.3 is 20.8 Å². The first-order chi connectivity index (χ1) is 8.49. The highest BCUT2D eigenvalue weighted by Crippen LogP contribution is 2.28. The van der Waals surface area contributed by atoms with Gasteiger partial charge in [-0.05, 0) is 13.8 Å². The van der Waals surface area contributed by atoms with E-state index in [-0.39, 0.29) is 11.1 Å². The molecule has 6 N–H and O–H groups in total. The zero-order valence-corrected chi connectivity index (χ0v) is 12.3. The average Bonchev–Trinajstić information content (AvgIpc) is 2.22. The van der Waals surface area contributed by atoms with Crippen LogP contribution in [0.15, 0.2) is 5.16 Å². The number of carbonyl (C=O) groups excluding carboxylic acids is 2. The predicted molar refractivity (Wildman–Crippen MR) is 71.5 cm³/mol. The molecule has 2 amide bonds. The highest BCUT2D eigenvalue weighted by atomic mass is 32.1. The Morgan fingerprint density at radius 1 is 1.42 bits per heavy atom. The van der Waals surface area contributed by atoms with Gasteiger partial charge in [-0.3, -0.25) is 9.63 Å². The maximum absolute atomic E-state index is 10.3. The molecule has 0 aliphatic rings. The summed E-state index contributed by atoms with van der Waals surface area (Å²) >= 11 is 3.51. The van der Waals surface area contributed by atoms with Crippen molar-refractivity contribution in [3.05, 3.63) is 0 Å². The van der Waals surface area contributed by atoms with Crippen molar-refractivity contribution in [3.8, 4) is 0 Å². The van der Waals surface area contributed by atoms with Gasteiger partial charge >= 0.3 is 13.8 Å². The second-order valence-corrected chi connectivity index (χ2v) is 5.01. The maximum atomic E-state index is 10.3. The van der Waals surface area contributed by atoms with E-state index in [1.807, 2.05) is 5.09 Å². The summed E-state index contributed by atoms with van der Waals surface area (Å²) in [5.74, 6) is -0.864. The van der Waals surface area contributed by atoms with Crippen molar-refractivity contribution in [2.75, 3.05) is 7.05 Å². The van der Waals surface area contributed by atoms with Gasteiger partial charge in [-0.1, -0.05) is 5.16 Å². The molecule has 0 aromatic heterocycles. The molecule has 10 nitrogen and oxygen atoms in total. The molecule has 0 unspecified atom stereocenters. The maximum Gasteiger partial charge on any atom is 0.433 e. The van der Waals surface area contributed by atoms with Crippen molar-refractivity contribution in [2.45, 2.75) is 19.9 Å². The number of thiol groups is 1. The fourth-order valence-electron chi connectivity index (χ4n) is 0.512. The fraction of sp³-hybridized carbons (Fsp3) is 0.571. The lowest BCUT2D eigenvalue weighted by Crippen LogP contribution is -2.21. The quantitative estimate of drug-likeness (QED) is 0.0981. The molecule has 0 saturated carbocycles.